The first kappa shape index (κ1) is 16.4. The first-order valence-electron chi connectivity index (χ1n) is 7.52. The van der Waals surface area contributed by atoms with Crippen LogP contribution in [0.1, 0.15) is 12.8 Å². The van der Waals surface area contributed by atoms with E-state index >= 15 is 0 Å². The molecule has 0 spiro atoms. The predicted molar refractivity (Wildman–Crippen MR) is 87.4 cm³/mol. The van der Waals surface area contributed by atoms with Gasteiger partial charge in [-0.3, -0.25) is 9.59 Å². The van der Waals surface area contributed by atoms with Gasteiger partial charge >= 0.3 is 0 Å². The number of ether oxygens (including phenoxy) is 1. The summed E-state index contributed by atoms with van der Waals surface area (Å²) in [7, 11) is 0. The van der Waals surface area contributed by atoms with Crippen molar-refractivity contribution in [1.82, 2.24) is 9.88 Å². The Morgan fingerprint density at radius 2 is 2.25 bits per heavy atom. The molecule has 1 aliphatic heterocycles. The Morgan fingerprint density at radius 1 is 1.42 bits per heavy atom. The van der Waals surface area contributed by atoms with Crippen molar-refractivity contribution in [1.29, 1.82) is 0 Å². The van der Waals surface area contributed by atoms with E-state index in [4.69, 9.17) is 4.74 Å². The van der Waals surface area contributed by atoms with Crippen LogP contribution >= 0.6 is 11.3 Å². The number of hydrogen-bond donors (Lipinski definition) is 1. The maximum Gasteiger partial charge on any atom is 0.261 e. The SMILES string of the molecule is O=C(Nc1nccs1)C1CCCN1C(=O)COc1ccccc1F. The second-order valence-corrected chi connectivity index (χ2v) is 6.19. The molecule has 1 atom stereocenters. The molecule has 1 aliphatic rings. The van der Waals surface area contributed by atoms with Gasteiger partial charge in [0.2, 0.25) is 5.91 Å². The normalized spacial score (nSPS) is 16.9. The zero-order valence-electron chi connectivity index (χ0n) is 12.8. The zero-order valence-corrected chi connectivity index (χ0v) is 13.6. The number of hydrogen-bond acceptors (Lipinski definition) is 5. The summed E-state index contributed by atoms with van der Waals surface area (Å²) in [4.78, 5) is 30.1. The molecule has 24 heavy (non-hydrogen) atoms. The van der Waals surface area contributed by atoms with Crippen LogP contribution in [0, 0.1) is 5.82 Å². The smallest absolute Gasteiger partial charge is 0.261 e. The van der Waals surface area contributed by atoms with Gasteiger partial charge in [0.1, 0.15) is 6.04 Å². The molecule has 1 saturated heterocycles. The predicted octanol–water partition coefficient (Wildman–Crippen LogP) is 2.29. The van der Waals surface area contributed by atoms with Crippen LogP contribution in [-0.4, -0.2) is 40.9 Å². The van der Waals surface area contributed by atoms with E-state index < -0.39 is 11.9 Å². The molecule has 1 aromatic heterocycles. The molecule has 2 aromatic rings. The number of halogens is 1. The van der Waals surface area contributed by atoms with Gasteiger partial charge in [-0.1, -0.05) is 12.1 Å². The van der Waals surface area contributed by atoms with Crippen molar-refractivity contribution in [2.24, 2.45) is 0 Å². The third kappa shape index (κ3) is 3.70. The van der Waals surface area contributed by atoms with E-state index in [2.05, 4.69) is 10.3 Å². The summed E-state index contributed by atoms with van der Waals surface area (Å²) >= 11 is 1.32. The number of benzene rings is 1. The van der Waals surface area contributed by atoms with Crippen LogP contribution in [0.15, 0.2) is 35.8 Å². The fourth-order valence-corrected chi connectivity index (χ4v) is 3.13. The average Bonchev–Trinajstić information content (AvgIpc) is 3.25. The fraction of sp³-hybridized carbons (Fsp3) is 0.312. The zero-order chi connectivity index (χ0) is 16.9. The topological polar surface area (TPSA) is 71.5 Å². The standard InChI is InChI=1S/C16H16FN3O3S/c17-11-4-1-2-6-13(11)23-10-14(21)20-8-3-5-12(20)15(22)19-16-18-7-9-24-16/h1-2,4,6-7,9,12H,3,5,8,10H2,(H,18,19,22). The molecular weight excluding hydrogens is 333 g/mol. The largest absolute Gasteiger partial charge is 0.481 e. The molecule has 0 radical (unpaired) electrons. The maximum atomic E-state index is 13.5. The molecule has 2 heterocycles. The van der Waals surface area contributed by atoms with Crippen molar-refractivity contribution in [3.63, 3.8) is 0 Å². The second-order valence-electron chi connectivity index (χ2n) is 5.29. The summed E-state index contributed by atoms with van der Waals surface area (Å²) in [6, 6.07) is 5.34. The van der Waals surface area contributed by atoms with Gasteiger partial charge in [0, 0.05) is 18.1 Å². The third-order valence-electron chi connectivity index (χ3n) is 3.73. The van der Waals surface area contributed by atoms with Gasteiger partial charge in [-0.15, -0.1) is 11.3 Å². The summed E-state index contributed by atoms with van der Waals surface area (Å²) in [5.74, 6) is -1.10. The Hall–Kier alpha value is -2.48. The van der Waals surface area contributed by atoms with E-state index in [1.54, 1.807) is 23.7 Å². The lowest BCUT2D eigenvalue weighted by molar-refractivity contribution is -0.138. The number of aromatic nitrogens is 1. The first-order chi connectivity index (χ1) is 11.6. The van der Waals surface area contributed by atoms with E-state index in [1.807, 2.05) is 0 Å². The highest BCUT2D eigenvalue weighted by Gasteiger charge is 2.34. The Bertz CT molecular complexity index is 723. The number of carbonyl (C=O) groups is 2. The number of anilines is 1. The minimum absolute atomic E-state index is 0.0221. The van der Waals surface area contributed by atoms with E-state index in [0.29, 0.717) is 18.1 Å². The van der Waals surface area contributed by atoms with Crippen LogP contribution in [0.2, 0.25) is 0 Å². The monoisotopic (exact) mass is 349 g/mol. The molecule has 1 fully saturated rings. The lowest BCUT2D eigenvalue weighted by Crippen LogP contribution is -2.45. The van der Waals surface area contributed by atoms with Gasteiger partial charge in [-0.05, 0) is 25.0 Å². The van der Waals surface area contributed by atoms with E-state index in [1.165, 1.54) is 28.4 Å². The summed E-state index contributed by atoms with van der Waals surface area (Å²) in [6.45, 7) is 0.178. The number of carbonyl (C=O) groups excluding carboxylic acids is 2. The van der Waals surface area contributed by atoms with Crippen LogP contribution < -0.4 is 10.1 Å². The van der Waals surface area contributed by atoms with Crippen LogP contribution in [-0.2, 0) is 9.59 Å². The maximum absolute atomic E-state index is 13.5. The minimum atomic E-state index is -0.550. The molecule has 0 bridgehead atoms. The van der Waals surface area contributed by atoms with E-state index in [-0.39, 0.29) is 24.2 Å². The molecule has 1 N–H and O–H groups in total. The minimum Gasteiger partial charge on any atom is -0.481 e. The Kier molecular flexibility index (Phi) is 5.05. The van der Waals surface area contributed by atoms with Gasteiger partial charge in [0.05, 0.1) is 0 Å². The number of likely N-dealkylation sites (tertiary alicyclic amines) is 1. The fourth-order valence-electron chi connectivity index (χ4n) is 2.60. The molecule has 1 aromatic carbocycles. The number of para-hydroxylation sites is 1. The number of amides is 2. The van der Waals surface area contributed by atoms with Crippen LogP contribution in [0.3, 0.4) is 0 Å². The van der Waals surface area contributed by atoms with Crippen molar-refractivity contribution >= 4 is 28.3 Å². The lowest BCUT2D eigenvalue weighted by Gasteiger charge is -2.23. The number of nitrogens with zero attached hydrogens (tertiary/aromatic N) is 2. The molecule has 126 valence electrons. The van der Waals surface area contributed by atoms with Crippen LogP contribution in [0.5, 0.6) is 5.75 Å². The number of nitrogens with one attached hydrogen (secondary N) is 1. The van der Waals surface area contributed by atoms with Crippen molar-refractivity contribution in [3.05, 3.63) is 41.7 Å². The van der Waals surface area contributed by atoms with Gasteiger partial charge in [-0.25, -0.2) is 9.37 Å². The average molecular weight is 349 g/mol. The summed E-state index contributed by atoms with van der Waals surface area (Å²) in [6.07, 6.45) is 2.92. The number of rotatable bonds is 5. The molecule has 8 heteroatoms. The summed E-state index contributed by atoms with van der Waals surface area (Å²) in [5.41, 5.74) is 0. The van der Waals surface area contributed by atoms with Crippen molar-refractivity contribution in [2.75, 3.05) is 18.5 Å². The van der Waals surface area contributed by atoms with Gasteiger partial charge in [0.25, 0.3) is 5.91 Å². The van der Waals surface area contributed by atoms with Gasteiger partial charge in [0.15, 0.2) is 23.3 Å². The van der Waals surface area contributed by atoms with Crippen molar-refractivity contribution < 1.29 is 18.7 Å². The summed E-state index contributed by atoms with van der Waals surface area (Å²) in [5, 5.41) is 4.97. The van der Waals surface area contributed by atoms with Gasteiger partial charge < -0.3 is 15.0 Å². The van der Waals surface area contributed by atoms with Crippen LogP contribution in [0.25, 0.3) is 0 Å². The van der Waals surface area contributed by atoms with E-state index in [9.17, 15) is 14.0 Å². The Morgan fingerprint density at radius 3 is 3.00 bits per heavy atom. The number of thiazole rings is 1. The van der Waals surface area contributed by atoms with Crippen molar-refractivity contribution in [2.45, 2.75) is 18.9 Å². The highest BCUT2D eigenvalue weighted by molar-refractivity contribution is 7.13. The molecular formula is C16H16FN3O3S. The quantitative estimate of drug-likeness (QED) is 0.899. The third-order valence-corrected chi connectivity index (χ3v) is 4.41. The lowest BCUT2D eigenvalue weighted by atomic mass is 10.2. The first-order valence-corrected chi connectivity index (χ1v) is 8.40. The molecule has 3 rings (SSSR count). The van der Waals surface area contributed by atoms with E-state index in [0.717, 1.165) is 6.42 Å². The molecule has 0 aliphatic carbocycles. The second kappa shape index (κ2) is 7.39. The molecule has 1 unspecified atom stereocenters. The van der Waals surface area contributed by atoms with Crippen molar-refractivity contribution in [3.8, 4) is 5.75 Å². The Labute approximate surface area is 142 Å². The van der Waals surface area contributed by atoms with Gasteiger partial charge in [-0.2, -0.15) is 0 Å². The Balaban J connectivity index is 1.59. The summed E-state index contributed by atoms with van der Waals surface area (Å²) < 4.78 is 18.8. The van der Waals surface area contributed by atoms with Crippen LogP contribution in [0.4, 0.5) is 9.52 Å². The molecule has 0 saturated carbocycles. The molecule has 6 nitrogen and oxygen atoms in total. The highest BCUT2D eigenvalue weighted by atomic mass is 32.1. The molecule has 2 amide bonds. The highest BCUT2D eigenvalue weighted by Crippen LogP contribution is 2.21.